The van der Waals surface area contributed by atoms with E-state index in [0.29, 0.717) is 68.6 Å². The molecule has 0 unspecified atom stereocenters. The summed E-state index contributed by atoms with van der Waals surface area (Å²) in [5.41, 5.74) is 1.49. The van der Waals surface area contributed by atoms with Crippen LogP contribution in [0.5, 0.6) is 5.75 Å². The number of benzene rings is 1. The van der Waals surface area contributed by atoms with E-state index in [0.717, 1.165) is 5.69 Å². The molecule has 2 aliphatic rings. The van der Waals surface area contributed by atoms with Gasteiger partial charge in [-0.1, -0.05) is 12.1 Å². The van der Waals surface area contributed by atoms with Gasteiger partial charge in [0.1, 0.15) is 17.8 Å². The molecule has 1 amide bonds. The topological polar surface area (TPSA) is 103 Å². The number of amides is 1. The number of hydrogen-bond acceptors (Lipinski definition) is 7. The van der Waals surface area contributed by atoms with Crippen LogP contribution in [0.2, 0.25) is 0 Å². The van der Waals surface area contributed by atoms with Crippen LogP contribution in [0.25, 0.3) is 5.57 Å². The van der Waals surface area contributed by atoms with E-state index in [1.54, 1.807) is 17.2 Å². The van der Waals surface area contributed by atoms with Gasteiger partial charge < -0.3 is 20.3 Å². The smallest absolute Gasteiger partial charge is 0.223 e. The second kappa shape index (κ2) is 9.43. The predicted octanol–water partition coefficient (Wildman–Crippen LogP) is 3.33. The molecule has 2 aromatic rings. The molecule has 1 aromatic heterocycles. The Morgan fingerprint density at radius 1 is 1.32 bits per heavy atom. The third-order valence-electron chi connectivity index (χ3n) is 5.23. The van der Waals surface area contributed by atoms with E-state index < -0.39 is 6.17 Å². The molecule has 3 heterocycles. The van der Waals surface area contributed by atoms with Gasteiger partial charge in [-0.05, 0) is 37.5 Å². The lowest BCUT2D eigenvalue weighted by Crippen LogP contribution is -2.39. The maximum atomic E-state index is 13.2. The first-order valence-corrected chi connectivity index (χ1v) is 10.3. The molecular formula is C22H23FN6O2. The summed E-state index contributed by atoms with van der Waals surface area (Å²) in [7, 11) is 0. The zero-order valence-electron chi connectivity index (χ0n) is 17.0. The molecule has 1 fully saturated rings. The molecule has 160 valence electrons. The van der Waals surface area contributed by atoms with Gasteiger partial charge in [0.05, 0.1) is 11.4 Å². The minimum atomic E-state index is -0.789. The molecular weight excluding hydrogens is 399 g/mol. The van der Waals surface area contributed by atoms with Crippen molar-refractivity contribution >= 4 is 23.1 Å². The molecule has 8 nitrogen and oxygen atoms in total. The molecule has 1 aromatic carbocycles. The Labute approximate surface area is 179 Å². The van der Waals surface area contributed by atoms with Crippen molar-refractivity contribution in [2.24, 2.45) is 0 Å². The first-order valence-electron chi connectivity index (χ1n) is 10.3. The molecule has 0 bridgehead atoms. The van der Waals surface area contributed by atoms with Crippen molar-refractivity contribution in [3.8, 4) is 11.8 Å². The molecule has 1 saturated heterocycles. The SMILES string of the molecule is N#C/C(=C1/Nc2ccccc2O1)c1ccnc(NCCCC(=O)N2CCC(F)CC2)n1. The Balaban J connectivity index is 1.33. The molecule has 0 spiro atoms. The highest BCUT2D eigenvalue weighted by Gasteiger charge is 2.23. The minimum Gasteiger partial charge on any atom is -0.437 e. The van der Waals surface area contributed by atoms with Crippen LogP contribution in [0.1, 0.15) is 31.4 Å². The van der Waals surface area contributed by atoms with E-state index in [4.69, 9.17) is 4.74 Å². The highest BCUT2D eigenvalue weighted by Crippen LogP contribution is 2.35. The summed E-state index contributed by atoms with van der Waals surface area (Å²) in [6.45, 7) is 1.49. The molecule has 0 aliphatic carbocycles. The lowest BCUT2D eigenvalue weighted by molar-refractivity contribution is -0.132. The van der Waals surface area contributed by atoms with Gasteiger partial charge in [-0.3, -0.25) is 4.79 Å². The average Bonchev–Trinajstić information content (AvgIpc) is 3.21. The lowest BCUT2D eigenvalue weighted by atomic mass is 10.1. The van der Waals surface area contributed by atoms with E-state index in [-0.39, 0.29) is 11.5 Å². The molecule has 4 rings (SSSR count). The number of nitrogens with zero attached hydrogens (tertiary/aromatic N) is 4. The highest BCUT2D eigenvalue weighted by molar-refractivity contribution is 5.81. The number of alkyl halides is 1. The van der Waals surface area contributed by atoms with Crippen molar-refractivity contribution in [2.75, 3.05) is 30.3 Å². The van der Waals surface area contributed by atoms with Crippen LogP contribution in [0.15, 0.2) is 42.4 Å². The van der Waals surface area contributed by atoms with Crippen LogP contribution < -0.4 is 15.4 Å². The van der Waals surface area contributed by atoms with Gasteiger partial charge in [-0.2, -0.15) is 5.26 Å². The number of allylic oxidation sites excluding steroid dienone is 1. The molecule has 2 N–H and O–H groups in total. The van der Waals surface area contributed by atoms with Gasteiger partial charge >= 0.3 is 0 Å². The van der Waals surface area contributed by atoms with Gasteiger partial charge in [-0.15, -0.1) is 0 Å². The minimum absolute atomic E-state index is 0.0453. The number of halogens is 1. The van der Waals surface area contributed by atoms with E-state index in [9.17, 15) is 14.4 Å². The second-order valence-electron chi connectivity index (χ2n) is 7.39. The number of nitrogens with one attached hydrogen (secondary N) is 2. The Kier molecular flexibility index (Phi) is 6.26. The molecule has 9 heteroatoms. The highest BCUT2D eigenvalue weighted by atomic mass is 19.1. The largest absolute Gasteiger partial charge is 0.437 e. The number of aromatic nitrogens is 2. The van der Waals surface area contributed by atoms with Crippen molar-refractivity contribution < 1.29 is 13.9 Å². The fourth-order valence-electron chi connectivity index (χ4n) is 3.53. The number of hydrogen-bond donors (Lipinski definition) is 2. The van der Waals surface area contributed by atoms with Crippen molar-refractivity contribution in [1.29, 1.82) is 5.26 Å². The number of para-hydroxylation sites is 2. The number of nitriles is 1. The summed E-state index contributed by atoms with van der Waals surface area (Å²) in [4.78, 5) is 22.5. The standard InChI is InChI=1S/C22H23FN6O2/c23-15-8-12-29(13-9-15)20(30)6-3-10-25-22-26-11-7-17(28-22)16(14-24)21-27-18-4-1-2-5-19(18)31-21/h1-2,4-5,7,11,15,27H,3,6,8-10,12-13H2,(H,25,26,28)/b21-16+. The number of carbonyl (C=O) groups excluding carboxylic acids is 1. The van der Waals surface area contributed by atoms with Crippen molar-refractivity contribution in [3.63, 3.8) is 0 Å². The Hall–Kier alpha value is -3.67. The zero-order chi connectivity index (χ0) is 21.6. The van der Waals surface area contributed by atoms with Crippen LogP contribution in [0, 0.1) is 11.3 Å². The van der Waals surface area contributed by atoms with E-state index in [1.165, 1.54) is 0 Å². The predicted molar refractivity (Wildman–Crippen MR) is 114 cm³/mol. The summed E-state index contributed by atoms with van der Waals surface area (Å²) in [6.07, 6.45) is 2.61. The van der Waals surface area contributed by atoms with Crippen molar-refractivity contribution in [1.82, 2.24) is 14.9 Å². The fourth-order valence-corrected chi connectivity index (χ4v) is 3.53. The maximum Gasteiger partial charge on any atom is 0.223 e. The van der Waals surface area contributed by atoms with Gasteiger partial charge in [0.15, 0.2) is 5.75 Å². The van der Waals surface area contributed by atoms with Gasteiger partial charge in [-0.25, -0.2) is 14.4 Å². The van der Waals surface area contributed by atoms with E-state index in [2.05, 4.69) is 26.7 Å². The number of likely N-dealkylation sites (tertiary alicyclic amines) is 1. The first kappa shape index (κ1) is 20.6. The monoisotopic (exact) mass is 422 g/mol. The average molecular weight is 422 g/mol. The van der Waals surface area contributed by atoms with Crippen LogP contribution in [-0.2, 0) is 4.79 Å². The summed E-state index contributed by atoms with van der Waals surface area (Å²) in [5.74, 6) is 1.39. The van der Waals surface area contributed by atoms with E-state index in [1.807, 2.05) is 24.3 Å². The normalized spacial score (nSPS) is 17.2. The first-order chi connectivity index (χ1) is 15.1. The Morgan fingerprint density at radius 3 is 2.90 bits per heavy atom. The number of piperidine rings is 1. The molecule has 0 saturated carbocycles. The van der Waals surface area contributed by atoms with Gasteiger partial charge in [0, 0.05) is 32.3 Å². The number of anilines is 2. The Bertz CT molecular complexity index is 1000. The summed E-state index contributed by atoms with van der Waals surface area (Å²) in [5, 5.41) is 15.8. The molecule has 2 aliphatic heterocycles. The number of carbonyl (C=O) groups is 1. The number of rotatable bonds is 6. The number of fused-ring (bicyclic) bond motifs is 1. The maximum absolute atomic E-state index is 13.2. The molecule has 0 atom stereocenters. The van der Waals surface area contributed by atoms with E-state index >= 15 is 0 Å². The third kappa shape index (κ3) is 4.91. The van der Waals surface area contributed by atoms with Crippen molar-refractivity contribution in [2.45, 2.75) is 31.9 Å². The quantitative estimate of drug-likeness (QED) is 0.544. The second-order valence-corrected chi connectivity index (χ2v) is 7.39. The molecule has 0 radical (unpaired) electrons. The zero-order valence-corrected chi connectivity index (χ0v) is 17.0. The van der Waals surface area contributed by atoms with Crippen LogP contribution >= 0.6 is 0 Å². The van der Waals surface area contributed by atoms with Crippen molar-refractivity contribution in [3.05, 3.63) is 48.1 Å². The van der Waals surface area contributed by atoms with Crippen LogP contribution in [0.4, 0.5) is 16.0 Å². The number of ether oxygens (including phenoxy) is 1. The summed E-state index contributed by atoms with van der Waals surface area (Å²) >= 11 is 0. The third-order valence-corrected chi connectivity index (χ3v) is 5.23. The summed E-state index contributed by atoms with van der Waals surface area (Å²) < 4.78 is 18.9. The lowest BCUT2D eigenvalue weighted by Gasteiger charge is -2.28. The van der Waals surface area contributed by atoms with Gasteiger partial charge in [0.2, 0.25) is 17.7 Å². The summed E-state index contributed by atoms with van der Waals surface area (Å²) in [6, 6.07) is 11.2. The van der Waals surface area contributed by atoms with Crippen LogP contribution in [-0.4, -0.2) is 46.6 Å². The molecule has 31 heavy (non-hydrogen) atoms. The Morgan fingerprint density at radius 2 is 2.13 bits per heavy atom. The van der Waals surface area contributed by atoms with Gasteiger partial charge in [0.25, 0.3) is 0 Å². The fraction of sp³-hybridized carbons (Fsp3) is 0.364. The van der Waals surface area contributed by atoms with Crippen LogP contribution in [0.3, 0.4) is 0 Å².